The summed E-state index contributed by atoms with van der Waals surface area (Å²) < 4.78 is 7.34. The summed E-state index contributed by atoms with van der Waals surface area (Å²) in [6.45, 7) is 11.3. The largest absolute Gasteiger partial charge is 0.456 e. The summed E-state index contributed by atoms with van der Waals surface area (Å²) in [5.41, 5.74) is 2.42. The van der Waals surface area contributed by atoms with Gasteiger partial charge in [0.25, 0.3) is 5.56 Å². The molecule has 4 aromatic rings. The molecule has 2 aromatic heterocycles. The van der Waals surface area contributed by atoms with E-state index in [0.29, 0.717) is 46.8 Å². The summed E-state index contributed by atoms with van der Waals surface area (Å²) in [6, 6.07) is 18.0. The molecular formula is C31H35Cl2N5O3. The molecule has 10 heteroatoms. The third kappa shape index (κ3) is 10.8. The van der Waals surface area contributed by atoms with Gasteiger partial charge in [0.1, 0.15) is 17.2 Å². The van der Waals surface area contributed by atoms with Crippen LogP contribution in [0.1, 0.15) is 44.6 Å². The second kappa shape index (κ2) is 17.7. The highest BCUT2D eigenvalue weighted by Gasteiger charge is 2.12. The fourth-order valence-electron chi connectivity index (χ4n) is 3.29. The Labute approximate surface area is 251 Å². The maximum absolute atomic E-state index is 12.9. The van der Waals surface area contributed by atoms with Crippen LogP contribution in [0.5, 0.6) is 11.5 Å². The molecule has 0 radical (unpaired) electrons. The Hall–Kier alpha value is -3.98. The van der Waals surface area contributed by atoms with Crippen LogP contribution in [-0.4, -0.2) is 24.9 Å². The lowest BCUT2D eigenvalue weighted by Gasteiger charge is -2.14. The molecule has 2 N–H and O–H groups in total. The summed E-state index contributed by atoms with van der Waals surface area (Å²) in [7, 11) is 0. The Bertz CT molecular complexity index is 1450. The van der Waals surface area contributed by atoms with Gasteiger partial charge >= 0.3 is 0 Å². The van der Waals surface area contributed by atoms with Gasteiger partial charge in [-0.15, -0.1) is 10.2 Å². The minimum absolute atomic E-state index is 0.119. The highest BCUT2D eigenvalue weighted by Crippen LogP contribution is 2.24. The van der Waals surface area contributed by atoms with Crippen molar-refractivity contribution < 1.29 is 9.84 Å². The first-order chi connectivity index (χ1) is 19.8. The van der Waals surface area contributed by atoms with Crippen LogP contribution < -0.4 is 15.6 Å². The van der Waals surface area contributed by atoms with Gasteiger partial charge < -0.3 is 15.2 Å². The van der Waals surface area contributed by atoms with Gasteiger partial charge in [-0.05, 0) is 73.5 Å². The van der Waals surface area contributed by atoms with E-state index in [4.69, 9.17) is 33.0 Å². The SMILES string of the molecule is C=C/C=C(\C)Cl.CC.CCc1nnc(Nc2ccc(Oc3ccc(CO)nc3)cc2)n(Cc2ccc(Cl)cc2)c1=O. The number of ether oxygens (including phenoxy) is 1. The third-order valence-corrected chi connectivity index (χ3v) is 5.63. The summed E-state index contributed by atoms with van der Waals surface area (Å²) in [5.74, 6) is 1.51. The predicted molar refractivity (Wildman–Crippen MR) is 167 cm³/mol. The van der Waals surface area contributed by atoms with Crippen LogP contribution in [-0.2, 0) is 19.6 Å². The molecule has 0 spiro atoms. The number of aliphatic hydroxyl groups excluding tert-OH is 1. The molecule has 0 saturated carbocycles. The highest BCUT2D eigenvalue weighted by molar-refractivity contribution is 6.30. The van der Waals surface area contributed by atoms with E-state index in [9.17, 15) is 4.79 Å². The van der Waals surface area contributed by atoms with Crippen LogP contribution in [0, 0.1) is 0 Å². The van der Waals surface area contributed by atoms with Gasteiger partial charge in [0, 0.05) is 15.7 Å². The minimum Gasteiger partial charge on any atom is -0.456 e. The molecule has 0 aliphatic heterocycles. The summed E-state index contributed by atoms with van der Waals surface area (Å²) in [4.78, 5) is 17.0. The van der Waals surface area contributed by atoms with Crippen LogP contribution in [0.2, 0.25) is 5.02 Å². The van der Waals surface area contributed by atoms with E-state index < -0.39 is 0 Å². The molecule has 0 fully saturated rings. The standard InChI is InChI=1S/C24H22ClN5O3.C5H7Cl.C2H6/c1-2-22-23(32)30(14-16-3-5-17(25)6-4-16)24(29-28-22)27-18-7-10-20(11-8-18)33-21-12-9-19(15-31)26-13-21;1-3-4-5(2)6;1-2/h3-13,31H,2,14-15H2,1H3,(H,27,29);3-4H,1H2,2H3;1-2H3/b;5-4+;. The van der Waals surface area contributed by atoms with E-state index in [-0.39, 0.29) is 12.2 Å². The number of halogens is 2. The van der Waals surface area contributed by atoms with E-state index in [1.54, 1.807) is 59.3 Å². The smallest absolute Gasteiger partial charge is 0.277 e. The van der Waals surface area contributed by atoms with E-state index in [1.807, 2.05) is 52.0 Å². The van der Waals surface area contributed by atoms with Gasteiger partial charge in [0.05, 0.1) is 25.0 Å². The number of anilines is 2. The quantitative estimate of drug-likeness (QED) is 0.191. The highest BCUT2D eigenvalue weighted by atomic mass is 35.5. The molecule has 2 aromatic carbocycles. The Morgan fingerprint density at radius 3 is 2.22 bits per heavy atom. The van der Waals surface area contributed by atoms with Crippen molar-refractivity contribution in [1.82, 2.24) is 19.7 Å². The number of pyridine rings is 1. The molecule has 4 rings (SSSR count). The van der Waals surface area contributed by atoms with Gasteiger partial charge in [0.2, 0.25) is 5.95 Å². The van der Waals surface area contributed by atoms with Crippen molar-refractivity contribution in [2.45, 2.75) is 47.3 Å². The Balaban J connectivity index is 0.000000654. The minimum atomic E-state index is -0.191. The predicted octanol–water partition coefficient (Wildman–Crippen LogP) is 7.67. The zero-order valence-electron chi connectivity index (χ0n) is 23.6. The van der Waals surface area contributed by atoms with E-state index in [0.717, 1.165) is 16.3 Å². The summed E-state index contributed by atoms with van der Waals surface area (Å²) in [6.07, 6.45) is 5.44. The number of aryl methyl sites for hydroxylation is 1. The number of nitrogens with zero attached hydrogens (tertiary/aromatic N) is 4. The normalized spacial score (nSPS) is 10.5. The number of allylic oxidation sites excluding steroid dienone is 3. The lowest BCUT2D eigenvalue weighted by molar-refractivity contribution is 0.276. The first-order valence-electron chi connectivity index (χ1n) is 13.1. The summed E-state index contributed by atoms with van der Waals surface area (Å²) in [5, 5.41) is 22.0. The number of benzene rings is 2. The Morgan fingerprint density at radius 1 is 1.05 bits per heavy atom. The van der Waals surface area contributed by atoms with Gasteiger partial charge in [-0.1, -0.05) is 68.8 Å². The Morgan fingerprint density at radius 2 is 1.71 bits per heavy atom. The van der Waals surface area contributed by atoms with E-state index in [1.165, 1.54) is 0 Å². The third-order valence-electron chi connectivity index (χ3n) is 5.26. The van der Waals surface area contributed by atoms with Crippen molar-refractivity contribution in [2.75, 3.05) is 5.32 Å². The van der Waals surface area contributed by atoms with E-state index >= 15 is 0 Å². The molecule has 0 bridgehead atoms. The van der Waals surface area contributed by atoms with Crippen LogP contribution in [0.3, 0.4) is 0 Å². The van der Waals surface area contributed by atoms with E-state index in [2.05, 4.69) is 27.1 Å². The number of rotatable bonds is 9. The van der Waals surface area contributed by atoms with Crippen LogP contribution in [0.25, 0.3) is 0 Å². The van der Waals surface area contributed by atoms with Crippen LogP contribution in [0.15, 0.2) is 95.4 Å². The van der Waals surface area contributed by atoms with Gasteiger partial charge in [-0.2, -0.15) is 0 Å². The average molecular weight is 597 g/mol. The molecule has 2 heterocycles. The van der Waals surface area contributed by atoms with Crippen molar-refractivity contribution in [2.24, 2.45) is 0 Å². The lowest BCUT2D eigenvalue weighted by atomic mass is 10.2. The van der Waals surface area contributed by atoms with Crippen molar-refractivity contribution in [3.05, 3.63) is 123 Å². The molecule has 216 valence electrons. The van der Waals surface area contributed by atoms with Crippen LogP contribution >= 0.6 is 23.2 Å². The number of aliphatic hydroxyl groups is 1. The van der Waals surface area contributed by atoms with Gasteiger partial charge in [0.15, 0.2) is 0 Å². The maximum Gasteiger partial charge on any atom is 0.277 e. The average Bonchev–Trinajstić information content (AvgIpc) is 2.99. The maximum atomic E-state index is 12.9. The molecule has 0 amide bonds. The molecule has 0 aliphatic carbocycles. The lowest BCUT2D eigenvalue weighted by Crippen LogP contribution is -2.29. The molecule has 0 unspecified atom stereocenters. The zero-order valence-corrected chi connectivity index (χ0v) is 25.2. The second-order valence-electron chi connectivity index (χ2n) is 8.23. The number of nitrogens with one attached hydrogen (secondary N) is 1. The molecule has 0 aliphatic rings. The molecule has 0 atom stereocenters. The summed E-state index contributed by atoms with van der Waals surface area (Å²) >= 11 is 11.4. The molecular weight excluding hydrogens is 561 g/mol. The molecule has 0 saturated heterocycles. The van der Waals surface area contributed by atoms with Crippen molar-refractivity contribution in [3.8, 4) is 11.5 Å². The Kier molecular flexibility index (Phi) is 14.3. The van der Waals surface area contributed by atoms with Crippen LogP contribution in [0.4, 0.5) is 11.6 Å². The first-order valence-corrected chi connectivity index (χ1v) is 13.8. The second-order valence-corrected chi connectivity index (χ2v) is 9.26. The molecule has 41 heavy (non-hydrogen) atoms. The van der Waals surface area contributed by atoms with Crippen molar-refractivity contribution in [3.63, 3.8) is 0 Å². The fourth-order valence-corrected chi connectivity index (χ4v) is 3.50. The van der Waals surface area contributed by atoms with Gasteiger partial charge in [-0.25, -0.2) is 0 Å². The van der Waals surface area contributed by atoms with Crippen molar-refractivity contribution in [1.29, 1.82) is 0 Å². The number of hydrogen-bond donors (Lipinski definition) is 2. The zero-order chi connectivity index (χ0) is 30.2. The first kappa shape index (κ1) is 33.2. The topological polar surface area (TPSA) is 102 Å². The fraction of sp³-hybridized carbons (Fsp3) is 0.226. The molecule has 8 nitrogen and oxygen atoms in total. The number of hydrogen-bond acceptors (Lipinski definition) is 7. The van der Waals surface area contributed by atoms with Crippen molar-refractivity contribution >= 4 is 34.8 Å². The van der Waals surface area contributed by atoms with Gasteiger partial charge in [-0.3, -0.25) is 14.3 Å². The monoisotopic (exact) mass is 595 g/mol. The number of aromatic nitrogens is 4.